The van der Waals surface area contributed by atoms with Crippen LogP contribution in [0.25, 0.3) is 0 Å². The molecule has 0 aliphatic heterocycles. The lowest BCUT2D eigenvalue weighted by Gasteiger charge is -2.15. The van der Waals surface area contributed by atoms with Crippen molar-refractivity contribution in [3.8, 4) is 0 Å². The van der Waals surface area contributed by atoms with Crippen LogP contribution in [0.15, 0.2) is 23.1 Å². The van der Waals surface area contributed by atoms with E-state index < -0.39 is 44.2 Å². The average Bonchev–Trinajstić information content (AvgIpc) is 2.26. The maximum atomic E-state index is 12.7. The molecule has 0 amide bonds. The first-order valence-electron chi connectivity index (χ1n) is 5.38. The van der Waals surface area contributed by atoms with E-state index in [1.165, 1.54) is 0 Å². The summed E-state index contributed by atoms with van der Waals surface area (Å²) in [6, 6.07) is 1.25. The molecule has 2 N–H and O–H groups in total. The smallest absolute Gasteiger partial charge is 0.416 e. The van der Waals surface area contributed by atoms with Gasteiger partial charge < -0.3 is 5.11 Å². The quantitative estimate of drug-likeness (QED) is 0.887. The first-order chi connectivity index (χ1) is 8.97. The maximum absolute atomic E-state index is 12.7. The average molecular weight is 311 g/mol. The first-order valence-corrected chi connectivity index (χ1v) is 6.87. The van der Waals surface area contributed by atoms with Gasteiger partial charge in [0.2, 0.25) is 10.0 Å². The molecule has 0 fully saturated rings. The Labute approximate surface area is 113 Å². The zero-order chi connectivity index (χ0) is 15.7. The SMILES string of the molecule is Cc1c(C(F)(F)F)cccc1S(=O)(=O)N[C@@H](C)C(=O)O. The van der Waals surface area contributed by atoms with Crippen molar-refractivity contribution in [3.63, 3.8) is 0 Å². The van der Waals surface area contributed by atoms with E-state index in [1.54, 1.807) is 4.72 Å². The van der Waals surface area contributed by atoms with E-state index in [4.69, 9.17) is 5.11 Å². The Morgan fingerprint density at radius 3 is 2.35 bits per heavy atom. The van der Waals surface area contributed by atoms with E-state index in [2.05, 4.69) is 0 Å². The second kappa shape index (κ2) is 5.41. The Kier molecular flexibility index (Phi) is 4.45. The Balaban J connectivity index is 3.31. The monoisotopic (exact) mass is 311 g/mol. The van der Waals surface area contributed by atoms with Gasteiger partial charge in [-0.25, -0.2) is 8.42 Å². The van der Waals surface area contributed by atoms with Crippen molar-refractivity contribution in [2.75, 3.05) is 0 Å². The summed E-state index contributed by atoms with van der Waals surface area (Å²) in [5.41, 5.74) is -1.56. The van der Waals surface area contributed by atoms with Gasteiger partial charge in [-0.15, -0.1) is 0 Å². The van der Waals surface area contributed by atoms with E-state index in [1.807, 2.05) is 0 Å². The van der Waals surface area contributed by atoms with Crippen molar-refractivity contribution in [1.82, 2.24) is 4.72 Å². The van der Waals surface area contributed by atoms with Gasteiger partial charge in [0.25, 0.3) is 0 Å². The topological polar surface area (TPSA) is 83.5 Å². The van der Waals surface area contributed by atoms with Crippen LogP contribution < -0.4 is 4.72 Å². The van der Waals surface area contributed by atoms with Crippen molar-refractivity contribution in [3.05, 3.63) is 29.3 Å². The summed E-state index contributed by atoms with van der Waals surface area (Å²) in [5, 5.41) is 8.64. The molecule has 0 aliphatic rings. The fourth-order valence-corrected chi connectivity index (χ4v) is 3.02. The Hall–Kier alpha value is -1.61. The van der Waals surface area contributed by atoms with Gasteiger partial charge in [-0.1, -0.05) is 6.07 Å². The number of rotatable bonds is 4. The summed E-state index contributed by atoms with van der Waals surface area (Å²) >= 11 is 0. The van der Waals surface area contributed by atoms with Crippen molar-refractivity contribution in [2.45, 2.75) is 31.0 Å². The minimum absolute atomic E-state index is 0.481. The molecule has 112 valence electrons. The zero-order valence-corrected chi connectivity index (χ0v) is 11.3. The first kappa shape index (κ1) is 16.4. The molecule has 1 rings (SSSR count). The highest BCUT2D eigenvalue weighted by atomic mass is 32.2. The van der Waals surface area contributed by atoms with E-state index in [-0.39, 0.29) is 0 Å². The highest BCUT2D eigenvalue weighted by Gasteiger charge is 2.35. The molecule has 0 saturated carbocycles. The molecule has 1 atom stereocenters. The lowest BCUT2D eigenvalue weighted by molar-refractivity contribution is -0.139. The molecule has 1 aromatic carbocycles. The predicted molar refractivity (Wildman–Crippen MR) is 63.6 cm³/mol. The van der Waals surface area contributed by atoms with Crippen LogP contribution in [0.1, 0.15) is 18.1 Å². The number of sulfonamides is 1. The molecule has 0 aliphatic carbocycles. The number of alkyl halides is 3. The summed E-state index contributed by atoms with van der Waals surface area (Å²) in [6.07, 6.45) is -4.69. The third-order valence-electron chi connectivity index (χ3n) is 2.58. The summed E-state index contributed by atoms with van der Waals surface area (Å²) in [7, 11) is -4.35. The van der Waals surface area contributed by atoms with Crippen LogP contribution in [0.2, 0.25) is 0 Å². The number of benzene rings is 1. The molecule has 0 radical (unpaired) electrons. The molecule has 0 aromatic heterocycles. The molecule has 0 spiro atoms. The van der Waals surface area contributed by atoms with E-state index in [0.29, 0.717) is 0 Å². The minimum Gasteiger partial charge on any atom is -0.480 e. The standard InChI is InChI=1S/C11H12F3NO4S/c1-6-8(11(12,13)14)4-3-5-9(6)20(18,19)15-7(2)10(16)17/h3-5,7,15H,1-2H3,(H,16,17)/t7-/m0/s1. The number of carbonyl (C=O) groups is 1. The van der Waals surface area contributed by atoms with E-state index >= 15 is 0 Å². The van der Waals surface area contributed by atoms with Gasteiger partial charge in [0.15, 0.2) is 0 Å². The summed E-state index contributed by atoms with van der Waals surface area (Å²) < 4.78 is 63.7. The summed E-state index contributed by atoms with van der Waals surface area (Å²) in [4.78, 5) is 10.0. The lowest BCUT2D eigenvalue weighted by Crippen LogP contribution is -2.38. The number of aliphatic carboxylic acids is 1. The normalized spacial score (nSPS) is 14.1. The molecule has 5 nitrogen and oxygen atoms in total. The molecule has 0 bridgehead atoms. The third kappa shape index (κ3) is 3.48. The number of nitrogens with one attached hydrogen (secondary N) is 1. The van der Waals surface area contributed by atoms with Gasteiger partial charge in [0.05, 0.1) is 10.5 Å². The van der Waals surface area contributed by atoms with Crippen molar-refractivity contribution >= 4 is 16.0 Å². The third-order valence-corrected chi connectivity index (χ3v) is 4.27. The van der Waals surface area contributed by atoms with Gasteiger partial charge in [-0.05, 0) is 31.5 Å². The van der Waals surface area contributed by atoms with Crippen LogP contribution in [0.3, 0.4) is 0 Å². The maximum Gasteiger partial charge on any atom is 0.416 e. The second-order valence-electron chi connectivity index (χ2n) is 4.11. The fraction of sp³-hybridized carbons (Fsp3) is 0.364. The Morgan fingerprint density at radius 1 is 1.35 bits per heavy atom. The summed E-state index contributed by atoms with van der Waals surface area (Å²) in [5.74, 6) is -1.43. The van der Waals surface area contributed by atoms with Crippen molar-refractivity contribution in [1.29, 1.82) is 0 Å². The molecule has 0 heterocycles. The van der Waals surface area contributed by atoms with Crippen LogP contribution in [0.5, 0.6) is 0 Å². The largest absolute Gasteiger partial charge is 0.480 e. The number of hydrogen-bond acceptors (Lipinski definition) is 3. The van der Waals surface area contributed by atoms with E-state index in [0.717, 1.165) is 32.0 Å². The molecule has 9 heteroatoms. The predicted octanol–water partition coefficient (Wildman–Crippen LogP) is 1.77. The highest BCUT2D eigenvalue weighted by molar-refractivity contribution is 7.89. The number of halogens is 3. The molecular weight excluding hydrogens is 299 g/mol. The van der Waals surface area contributed by atoms with Crippen LogP contribution in [0, 0.1) is 6.92 Å². The second-order valence-corrected chi connectivity index (χ2v) is 5.79. The molecule has 0 saturated heterocycles. The summed E-state index contributed by atoms with van der Waals surface area (Å²) in [6.45, 7) is 2.09. The highest BCUT2D eigenvalue weighted by Crippen LogP contribution is 2.34. The minimum atomic E-state index is -4.69. The van der Waals surface area contributed by atoms with Gasteiger partial charge >= 0.3 is 12.1 Å². The Bertz CT molecular complexity index is 625. The lowest BCUT2D eigenvalue weighted by atomic mass is 10.1. The van der Waals surface area contributed by atoms with Crippen molar-refractivity contribution in [2.24, 2.45) is 0 Å². The zero-order valence-electron chi connectivity index (χ0n) is 10.5. The molecule has 0 unspecified atom stereocenters. The van der Waals surface area contributed by atoms with Crippen molar-refractivity contribution < 1.29 is 31.5 Å². The van der Waals surface area contributed by atoms with Crippen LogP contribution in [-0.4, -0.2) is 25.5 Å². The molecular formula is C11H12F3NO4S. The molecule has 1 aromatic rings. The number of carboxylic acids is 1. The van der Waals surface area contributed by atoms with Crippen LogP contribution in [-0.2, 0) is 21.0 Å². The van der Waals surface area contributed by atoms with Crippen LogP contribution in [0.4, 0.5) is 13.2 Å². The number of carboxylic acid groups (broad SMARTS) is 1. The van der Waals surface area contributed by atoms with Gasteiger partial charge in [-0.2, -0.15) is 17.9 Å². The fourth-order valence-electron chi connectivity index (χ4n) is 1.56. The Morgan fingerprint density at radius 2 is 1.90 bits per heavy atom. The van der Waals surface area contributed by atoms with Crippen LogP contribution >= 0.6 is 0 Å². The van der Waals surface area contributed by atoms with Gasteiger partial charge in [-0.3, -0.25) is 4.79 Å². The van der Waals surface area contributed by atoms with Gasteiger partial charge in [0.1, 0.15) is 6.04 Å². The number of hydrogen-bond donors (Lipinski definition) is 2. The van der Waals surface area contributed by atoms with Gasteiger partial charge in [0, 0.05) is 0 Å². The molecule has 20 heavy (non-hydrogen) atoms. The van der Waals surface area contributed by atoms with E-state index in [9.17, 15) is 26.4 Å².